The summed E-state index contributed by atoms with van der Waals surface area (Å²) in [5.74, 6) is -0.970. The van der Waals surface area contributed by atoms with Crippen LogP contribution in [0.3, 0.4) is 0 Å². The molecule has 3 aromatic carbocycles. The van der Waals surface area contributed by atoms with Crippen molar-refractivity contribution in [3.8, 4) is 5.75 Å². The van der Waals surface area contributed by atoms with Crippen LogP contribution in [0.4, 0.5) is 5.69 Å². The van der Waals surface area contributed by atoms with E-state index in [0.29, 0.717) is 27.6 Å². The van der Waals surface area contributed by atoms with Gasteiger partial charge in [0.2, 0.25) is 0 Å². The molecule has 3 aromatic rings. The number of ketones is 1. The minimum atomic E-state index is -0.779. The standard InChI is InChI=1S/C26H22ClNO4/c1-15-14-21(32-3)16(2)13-20(15)24(29)22-23(17-7-5-4-6-8-17)28(26(31)25(22)30)19-11-9-18(27)10-12-19/h4-14,23,29H,1-3H3/b24-22+. The fraction of sp³-hybridized carbons (Fsp3) is 0.154. The van der Waals surface area contributed by atoms with Crippen LogP contribution in [-0.4, -0.2) is 23.9 Å². The number of Topliss-reactive ketones (excluding diaryl/α,β-unsaturated/α-hetero) is 1. The molecule has 1 aliphatic heterocycles. The van der Waals surface area contributed by atoms with Gasteiger partial charge >= 0.3 is 0 Å². The quantitative estimate of drug-likeness (QED) is 0.321. The normalized spacial score (nSPS) is 17.6. The van der Waals surface area contributed by atoms with E-state index in [2.05, 4.69) is 0 Å². The van der Waals surface area contributed by atoms with E-state index >= 15 is 0 Å². The van der Waals surface area contributed by atoms with E-state index in [0.717, 1.165) is 11.1 Å². The molecule has 0 spiro atoms. The van der Waals surface area contributed by atoms with Crippen molar-refractivity contribution in [3.63, 3.8) is 0 Å². The zero-order valence-corrected chi connectivity index (χ0v) is 18.7. The van der Waals surface area contributed by atoms with Gasteiger partial charge in [-0.2, -0.15) is 0 Å². The van der Waals surface area contributed by atoms with E-state index in [9.17, 15) is 14.7 Å². The second-order valence-electron chi connectivity index (χ2n) is 7.69. The first kappa shape index (κ1) is 21.7. The summed E-state index contributed by atoms with van der Waals surface area (Å²) in [6, 6.07) is 18.7. The maximum absolute atomic E-state index is 13.2. The molecular formula is C26H22ClNO4. The number of hydrogen-bond acceptors (Lipinski definition) is 4. The summed E-state index contributed by atoms with van der Waals surface area (Å²) in [7, 11) is 1.58. The molecule has 0 aromatic heterocycles. The Hall–Kier alpha value is -3.57. The van der Waals surface area contributed by atoms with Crippen molar-refractivity contribution in [2.45, 2.75) is 19.9 Å². The molecule has 1 fully saturated rings. The van der Waals surface area contributed by atoms with Crippen molar-refractivity contribution in [1.29, 1.82) is 0 Å². The van der Waals surface area contributed by atoms with Crippen LogP contribution in [0.1, 0.15) is 28.3 Å². The molecule has 5 nitrogen and oxygen atoms in total. The van der Waals surface area contributed by atoms with E-state index in [1.807, 2.05) is 44.2 Å². The number of nitrogens with zero attached hydrogens (tertiary/aromatic N) is 1. The van der Waals surface area contributed by atoms with E-state index < -0.39 is 17.7 Å². The number of carbonyl (C=O) groups is 2. The summed E-state index contributed by atoms with van der Waals surface area (Å²) >= 11 is 6.02. The smallest absolute Gasteiger partial charge is 0.300 e. The predicted molar refractivity (Wildman–Crippen MR) is 125 cm³/mol. The molecule has 1 unspecified atom stereocenters. The van der Waals surface area contributed by atoms with E-state index in [4.69, 9.17) is 16.3 Å². The van der Waals surface area contributed by atoms with E-state index in [1.165, 1.54) is 4.90 Å². The van der Waals surface area contributed by atoms with Crippen LogP contribution >= 0.6 is 11.6 Å². The van der Waals surface area contributed by atoms with Gasteiger partial charge in [0.05, 0.1) is 18.7 Å². The van der Waals surface area contributed by atoms with Gasteiger partial charge in [-0.25, -0.2) is 0 Å². The van der Waals surface area contributed by atoms with Crippen molar-refractivity contribution in [3.05, 3.63) is 99.6 Å². The summed E-state index contributed by atoms with van der Waals surface area (Å²) in [4.78, 5) is 27.8. The summed E-state index contributed by atoms with van der Waals surface area (Å²) < 4.78 is 5.36. The largest absolute Gasteiger partial charge is 0.507 e. The van der Waals surface area contributed by atoms with Crippen LogP contribution in [0.25, 0.3) is 5.76 Å². The van der Waals surface area contributed by atoms with Crippen LogP contribution in [0, 0.1) is 13.8 Å². The molecular weight excluding hydrogens is 426 g/mol. The van der Waals surface area contributed by atoms with Gasteiger partial charge in [-0.1, -0.05) is 41.9 Å². The Kier molecular flexibility index (Phi) is 5.76. The van der Waals surface area contributed by atoms with Gasteiger partial charge in [0.1, 0.15) is 11.5 Å². The van der Waals surface area contributed by atoms with Crippen LogP contribution in [0.5, 0.6) is 5.75 Å². The van der Waals surface area contributed by atoms with Gasteiger partial charge in [-0.05, 0) is 66.9 Å². The third-order valence-corrected chi connectivity index (χ3v) is 5.91. The number of methoxy groups -OCH3 is 1. The van der Waals surface area contributed by atoms with E-state index in [1.54, 1.807) is 43.5 Å². The molecule has 1 heterocycles. The highest BCUT2D eigenvalue weighted by atomic mass is 35.5. The Morgan fingerprint density at radius 3 is 2.25 bits per heavy atom. The number of hydrogen-bond donors (Lipinski definition) is 1. The topological polar surface area (TPSA) is 66.8 Å². The van der Waals surface area contributed by atoms with Gasteiger partial charge in [-0.15, -0.1) is 0 Å². The fourth-order valence-electron chi connectivity index (χ4n) is 4.06. The van der Waals surface area contributed by atoms with Crippen molar-refractivity contribution in [2.75, 3.05) is 12.0 Å². The summed E-state index contributed by atoms with van der Waals surface area (Å²) in [5, 5.41) is 11.9. The number of anilines is 1. The summed E-state index contributed by atoms with van der Waals surface area (Å²) in [6.07, 6.45) is 0. The van der Waals surface area contributed by atoms with Crippen molar-refractivity contribution >= 4 is 34.7 Å². The third kappa shape index (κ3) is 3.65. The first-order chi connectivity index (χ1) is 15.3. The minimum absolute atomic E-state index is 0.0452. The number of carbonyl (C=O) groups excluding carboxylic acids is 2. The van der Waals surface area contributed by atoms with Crippen molar-refractivity contribution < 1.29 is 19.4 Å². The number of aliphatic hydroxyl groups is 1. The highest BCUT2D eigenvalue weighted by Crippen LogP contribution is 2.43. The number of aliphatic hydroxyl groups excluding tert-OH is 1. The Labute approximate surface area is 191 Å². The van der Waals surface area contributed by atoms with Gasteiger partial charge < -0.3 is 9.84 Å². The highest BCUT2D eigenvalue weighted by molar-refractivity contribution is 6.51. The van der Waals surface area contributed by atoms with E-state index in [-0.39, 0.29) is 11.3 Å². The fourth-order valence-corrected chi connectivity index (χ4v) is 4.19. The number of amides is 1. The molecule has 0 radical (unpaired) electrons. The van der Waals surface area contributed by atoms with Crippen LogP contribution in [-0.2, 0) is 9.59 Å². The Bertz CT molecular complexity index is 1230. The maximum Gasteiger partial charge on any atom is 0.300 e. The Balaban J connectivity index is 1.96. The molecule has 0 saturated carbocycles. The molecule has 162 valence electrons. The molecule has 0 aliphatic carbocycles. The van der Waals surface area contributed by atoms with Gasteiger partial charge in [0.15, 0.2) is 0 Å². The molecule has 1 atom stereocenters. The zero-order valence-electron chi connectivity index (χ0n) is 17.9. The summed E-state index contributed by atoms with van der Waals surface area (Å²) in [6.45, 7) is 3.68. The monoisotopic (exact) mass is 447 g/mol. The maximum atomic E-state index is 13.2. The van der Waals surface area contributed by atoms with Gasteiger partial charge in [0.25, 0.3) is 11.7 Å². The Morgan fingerprint density at radius 2 is 1.62 bits per heavy atom. The molecule has 1 aliphatic rings. The van der Waals surface area contributed by atoms with Gasteiger partial charge in [-0.3, -0.25) is 14.5 Å². The molecule has 1 amide bonds. The second kappa shape index (κ2) is 8.52. The predicted octanol–water partition coefficient (Wildman–Crippen LogP) is 5.59. The number of halogens is 1. The second-order valence-corrected chi connectivity index (χ2v) is 8.13. The number of aryl methyl sites for hydroxylation is 2. The molecule has 32 heavy (non-hydrogen) atoms. The molecule has 6 heteroatoms. The lowest BCUT2D eigenvalue weighted by Crippen LogP contribution is -2.29. The highest BCUT2D eigenvalue weighted by Gasteiger charge is 2.47. The molecule has 0 bridgehead atoms. The molecule has 1 saturated heterocycles. The lowest BCUT2D eigenvalue weighted by atomic mass is 9.93. The van der Waals surface area contributed by atoms with Crippen LogP contribution in [0.2, 0.25) is 5.02 Å². The molecule has 4 rings (SSSR count). The lowest BCUT2D eigenvalue weighted by Gasteiger charge is -2.25. The van der Waals surface area contributed by atoms with Crippen LogP contribution < -0.4 is 9.64 Å². The average Bonchev–Trinajstić information content (AvgIpc) is 3.06. The first-order valence-electron chi connectivity index (χ1n) is 10.1. The number of ether oxygens (including phenoxy) is 1. The van der Waals surface area contributed by atoms with Crippen molar-refractivity contribution in [1.82, 2.24) is 0 Å². The van der Waals surface area contributed by atoms with Crippen molar-refractivity contribution in [2.24, 2.45) is 0 Å². The summed E-state index contributed by atoms with van der Waals surface area (Å²) in [5.41, 5.74) is 3.30. The zero-order chi connectivity index (χ0) is 23.0. The minimum Gasteiger partial charge on any atom is -0.507 e. The Morgan fingerprint density at radius 1 is 0.969 bits per heavy atom. The van der Waals surface area contributed by atoms with Crippen LogP contribution in [0.15, 0.2) is 72.3 Å². The third-order valence-electron chi connectivity index (χ3n) is 5.66. The lowest BCUT2D eigenvalue weighted by molar-refractivity contribution is -0.132. The molecule has 1 N–H and O–H groups in total. The number of benzene rings is 3. The first-order valence-corrected chi connectivity index (χ1v) is 10.5. The van der Waals surface area contributed by atoms with Gasteiger partial charge in [0, 0.05) is 16.3 Å². The number of rotatable bonds is 4. The SMILES string of the molecule is COc1cc(C)c(/C(O)=C2\C(=O)C(=O)N(c3ccc(Cl)cc3)C2c2ccccc2)cc1C. The average molecular weight is 448 g/mol.